The number of aryl methyl sites for hydroxylation is 2. The van der Waals surface area contributed by atoms with Gasteiger partial charge in [0.2, 0.25) is 11.6 Å². The van der Waals surface area contributed by atoms with Crippen LogP contribution in [0.25, 0.3) is 5.69 Å². The Morgan fingerprint density at radius 1 is 1.27 bits per heavy atom. The van der Waals surface area contributed by atoms with Crippen LogP contribution < -0.4 is 19.8 Å². The van der Waals surface area contributed by atoms with Crippen molar-refractivity contribution in [3.05, 3.63) is 53.6 Å². The van der Waals surface area contributed by atoms with Crippen molar-refractivity contribution in [1.29, 1.82) is 0 Å². The number of benzene rings is 2. The number of anilines is 1. The van der Waals surface area contributed by atoms with Crippen LogP contribution in [-0.2, 0) is 11.2 Å². The summed E-state index contributed by atoms with van der Waals surface area (Å²) in [5.41, 5.74) is 3.56. The SMILES string of the molecule is CCc1cccc(C)c1NC(=O)C(CC)Sc1c([O-])on[n+]1-c1ccc(OC)cc1. The summed E-state index contributed by atoms with van der Waals surface area (Å²) < 4.78 is 11.5. The molecule has 1 unspecified atom stereocenters. The van der Waals surface area contributed by atoms with E-state index in [-0.39, 0.29) is 10.9 Å². The summed E-state index contributed by atoms with van der Waals surface area (Å²) in [5.74, 6) is -0.0456. The Bertz CT molecular complexity index is 1020. The van der Waals surface area contributed by atoms with Gasteiger partial charge in [0.1, 0.15) is 5.75 Å². The molecule has 2 aromatic carbocycles. The van der Waals surface area contributed by atoms with Crippen molar-refractivity contribution < 1.29 is 23.8 Å². The molecule has 1 N–H and O–H groups in total. The van der Waals surface area contributed by atoms with Gasteiger partial charge < -0.3 is 19.7 Å². The van der Waals surface area contributed by atoms with Gasteiger partial charge in [0.25, 0.3) is 5.03 Å². The lowest BCUT2D eigenvalue weighted by atomic mass is 10.1. The van der Waals surface area contributed by atoms with Crippen molar-refractivity contribution in [3.63, 3.8) is 0 Å². The number of nitrogens with one attached hydrogen (secondary N) is 1. The van der Waals surface area contributed by atoms with Crippen LogP contribution in [0.15, 0.2) is 52.0 Å². The molecule has 1 atom stereocenters. The maximum Gasteiger partial charge on any atom is 0.298 e. The van der Waals surface area contributed by atoms with E-state index in [2.05, 4.69) is 17.5 Å². The number of carbonyl (C=O) groups excluding carboxylic acids is 1. The molecule has 1 amide bonds. The third kappa shape index (κ3) is 4.59. The largest absolute Gasteiger partial charge is 0.538 e. The normalized spacial score (nSPS) is 11.9. The number of hydrogen-bond donors (Lipinski definition) is 1. The van der Waals surface area contributed by atoms with Gasteiger partial charge in [-0.3, -0.25) is 4.79 Å². The summed E-state index contributed by atoms with van der Waals surface area (Å²) in [6, 6.07) is 13.0. The van der Waals surface area contributed by atoms with Crippen molar-refractivity contribution >= 4 is 23.4 Å². The van der Waals surface area contributed by atoms with Gasteiger partial charge in [0.05, 0.1) is 17.6 Å². The molecule has 158 valence electrons. The standard InChI is InChI=1S/C22H25N3O4S/c1-5-15-9-7-8-14(3)19(15)23-20(26)18(6-2)30-21-22(27)29-24-25(21)16-10-12-17(28-4)13-11-16/h7-13,18H,5-6H2,1-4H3,(H-,23,24,26,27). The number of aromatic nitrogens is 2. The van der Waals surface area contributed by atoms with Crippen LogP contribution in [0.3, 0.4) is 0 Å². The highest BCUT2D eigenvalue weighted by Gasteiger charge is 2.28. The Morgan fingerprint density at radius 3 is 2.63 bits per heavy atom. The molecule has 7 nitrogen and oxygen atoms in total. The molecule has 8 heteroatoms. The number of nitrogens with zero attached hydrogens (tertiary/aromatic N) is 2. The lowest BCUT2D eigenvalue weighted by molar-refractivity contribution is -0.705. The van der Waals surface area contributed by atoms with Crippen LogP contribution in [0.5, 0.6) is 11.7 Å². The second-order valence-electron chi connectivity index (χ2n) is 6.74. The van der Waals surface area contributed by atoms with Crippen molar-refractivity contribution in [1.82, 2.24) is 5.27 Å². The molecule has 0 aliphatic carbocycles. The third-order valence-corrected chi connectivity index (χ3v) is 6.19. The zero-order valence-electron chi connectivity index (χ0n) is 17.5. The molecule has 0 fully saturated rings. The molecule has 3 rings (SSSR count). The van der Waals surface area contributed by atoms with Crippen molar-refractivity contribution in [2.24, 2.45) is 0 Å². The van der Waals surface area contributed by atoms with E-state index in [1.165, 1.54) is 4.68 Å². The maximum atomic E-state index is 13.0. The Hall–Kier alpha value is -3.00. The van der Waals surface area contributed by atoms with Crippen LogP contribution in [0.2, 0.25) is 0 Å². The molecular weight excluding hydrogens is 402 g/mol. The Kier molecular flexibility index (Phi) is 6.99. The molecule has 1 heterocycles. The fraction of sp³-hybridized carbons (Fsp3) is 0.318. The fourth-order valence-corrected chi connectivity index (χ4v) is 4.06. The predicted molar refractivity (Wildman–Crippen MR) is 113 cm³/mol. The number of ether oxygens (including phenoxy) is 1. The minimum atomic E-state index is -0.577. The van der Waals surface area contributed by atoms with Gasteiger partial charge in [0, 0.05) is 17.8 Å². The minimum Gasteiger partial charge on any atom is -0.538 e. The quantitative estimate of drug-likeness (QED) is 0.438. The minimum absolute atomic E-state index is 0.159. The second-order valence-corrected chi connectivity index (χ2v) is 7.93. The smallest absolute Gasteiger partial charge is 0.298 e. The van der Waals surface area contributed by atoms with Crippen molar-refractivity contribution in [3.8, 4) is 17.4 Å². The third-order valence-electron chi connectivity index (χ3n) is 4.79. The summed E-state index contributed by atoms with van der Waals surface area (Å²) >= 11 is 1.15. The summed E-state index contributed by atoms with van der Waals surface area (Å²) in [6.07, 6.45) is 1.35. The van der Waals surface area contributed by atoms with E-state index in [0.29, 0.717) is 17.9 Å². The highest BCUT2D eigenvalue weighted by Crippen LogP contribution is 2.31. The molecule has 0 aliphatic heterocycles. The van der Waals surface area contributed by atoms with Crippen LogP contribution >= 0.6 is 11.8 Å². The Balaban J connectivity index is 1.84. The second kappa shape index (κ2) is 9.67. The molecule has 0 saturated carbocycles. The molecule has 1 aromatic heterocycles. The molecule has 0 saturated heterocycles. The van der Waals surface area contributed by atoms with Gasteiger partial charge in [-0.2, -0.15) is 0 Å². The van der Waals surface area contributed by atoms with E-state index in [1.807, 2.05) is 32.0 Å². The number of rotatable bonds is 8. The monoisotopic (exact) mass is 427 g/mol. The Morgan fingerprint density at radius 2 is 2.00 bits per heavy atom. The number of amides is 1. The number of para-hydroxylation sites is 1. The van der Waals surface area contributed by atoms with Gasteiger partial charge in [-0.25, -0.2) is 0 Å². The van der Waals surface area contributed by atoms with Gasteiger partial charge in [-0.05, 0) is 59.5 Å². The number of carbonyl (C=O) groups is 1. The van der Waals surface area contributed by atoms with Crippen molar-refractivity contribution in [2.45, 2.75) is 43.9 Å². The van der Waals surface area contributed by atoms with Crippen LogP contribution in [0, 0.1) is 6.92 Å². The first-order valence-electron chi connectivity index (χ1n) is 9.77. The molecule has 0 radical (unpaired) electrons. The number of thioether (sulfide) groups is 1. The number of methoxy groups -OCH3 is 1. The molecule has 0 bridgehead atoms. The first-order chi connectivity index (χ1) is 14.5. The first-order valence-corrected chi connectivity index (χ1v) is 10.7. The predicted octanol–water partition coefficient (Wildman–Crippen LogP) is 3.41. The van der Waals surface area contributed by atoms with Crippen LogP contribution in [-0.4, -0.2) is 23.5 Å². The van der Waals surface area contributed by atoms with E-state index in [0.717, 1.165) is 35.0 Å². The maximum absolute atomic E-state index is 13.0. The highest BCUT2D eigenvalue weighted by atomic mass is 32.2. The van der Waals surface area contributed by atoms with Crippen LogP contribution in [0.1, 0.15) is 31.4 Å². The average Bonchev–Trinajstić information content (AvgIpc) is 3.13. The van der Waals surface area contributed by atoms with E-state index in [4.69, 9.17) is 9.26 Å². The van der Waals surface area contributed by atoms with E-state index in [9.17, 15) is 9.90 Å². The summed E-state index contributed by atoms with van der Waals surface area (Å²) in [6.45, 7) is 5.93. The van der Waals surface area contributed by atoms with Gasteiger partial charge in [-0.1, -0.05) is 32.0 Å². The Labute approximate surface area is 180 Å². The molecule has 30 heavy (non-hydrogen) atoms. The summed E-state index contributed by atoms with van der Waals surface area (Å²) in [4.78, 5) is 13.0. The van der Waals surface area contributed by atoms with Crippen molar-refractivity contribution in [2.75, 3.05) is 12.4 Å². The number of hydrogen-bond acceptors (Lipinski definition) is 6. The van der Waals surface area contributed by atoms with E-state index >= 15 is 0 Å². The first kappa shape index (κ1) is 21.7. The lowest BCUT2D eigenvalue weighted by Crippen LogP contribution is -2.36. The van der Waals surface area contributed by atoms with Gasteiger partial charge >= 0.3 is 0 Å². The average molecular weight is 428 g/mol. The van der Waals surface area contributed by atoms with Crippen LogP contribution in [0.4, 0.5) is 5.69 Å². The van der Waals surface area contributed by atoms with E-state index in [1.54, 1.807) is 31.4 Å². The molecule has 0 spiro atoms. The lowest BCUT2D eigenvalue weighted by Gasteiger charge is -2.17. The summed E-state index contributed by atoms with van der Waals surface area (Å²) in [5, 5.41) is 19.0. The van der Waals surface area contributed by atoms with Gasteiger partial charge in [0.15, 0.2) is 5.95 Å². The summed E-state index contributed by atoms with van der Waals surface area (Å²) in [7, 11) is 1.58. The molecule has 3 aromatic rings. The highest BCUT2D eigenvalue weighted by molar-refractivity contribution is 8.00. The zero-order chi connectivity index (χ0) is 21.7. The topological polar surface area (TPSA) is 91.3 Å². The van der Waals surface area contributed by atoms with E-state index < -0.39 is 11.2 Å². The fourth-order valence-electron chi connectivity index (χ4n) is 3.09. The molecule has 0 aliphatic rings. The zero-order valence-corrected chi connectivity index (χ0v) is 18.3. The molecular formula is C22H25N3O4S. The van der Waals surface area contributed by atoms with Gasteiger partial charge in [-0.15, -0.1) is 0 Å².